The maximum Gasteiger partial charge on any atom is 0.140 e. The van der Waals surface area contributed by atoms with Crippen LogP contribution in [0.2, 0.25) is 0 Å². The smallest absolute Gasteiger partial charge is 0.140 e. The summed E-state index contributed by atoms with van der Waals surface area (Å²) in [5.41, 5.74) is 3.78. The molecule has 0 atom stereocenters. The van der Waals surface area contributed by atoms with E-state index >= 15 is 0 Å². The molecule has 0 spiro atoms. The molecule has 3 nitrogen and oxygen atoms in total. The number of aromatic nitrogens is 2. The molecule has 0 aliphatic rings. The predicted molar refractivity (Wildman–Crippen MR) is 112 cm³/mol. The molecular formula is C22H25BrN2O. The van der Waals surface area contributed by atoms with Crippen molar-refractivity contribution in [2.24, 2.45) is 5.41 Å². The molecule has 3 aromatic rings. The van der Waals surface area contributed by atoms with Crippen LogP contribution < -0.4 is 0 Å². The lowest BCUT2D eigenvalue weighted by atomic mass is 9.81. The van der Waals surface area contributed by atoms with Crippen LogP contribution >= 0.6 is 15.9 Å². The Labute approximate surface area is 163 Å². The summed E-state index contributed by atoms with van der Waals surface area (Å²) in [5.74, 6) is 0. The monoisotopic (exact) mass is 412 g/mol. The topological polar surface area (TPSA) is 27.1 Å². The second-order valence-electron chi connectivity index (χ2n) is 7.26. The first-order chi connectivity index (χ1) is 12.5. The Bertz CT molecular complexity index is 897. The van der Waals surface area contributed by atoms with Gasteiger partial charge < -0.3 is 4.74 Å². The molecule has 0 unspecified atom stereocenters. The van der Waals surface area contributed by atoms with Gasteiger partial charge in [-0.15, -0.1) is 0 Å². The van der Waals surface area contributed by atoms with Gasteiger partial charge in [0, 0.05) is 16.5 Å². The summed E-state index contributed by atoms with van der Waals surface area (Å²) in [5, 5.41) is 5.54. The van der Waals surface area contributed by atoms with Gasteiger partial charge in [0.25, 0.3) is 0 Å². The first kappa shape index (κ1) is 18.9. The van der Waals surface area contributed by atoms with E-state index in [1.54, 1.807) is 0 Å². The average molecular weight is 413 g/mol. The van der Waals surface area contributed by atoms with Gasteiger partial charge in [0.2, 0.25) is 0 Å². The molecule has 0 bridgehead atoms. The van der Waals surface area contributed by atoms with Gasteiger partial charge in [-0.3, -0.25) is 0 Å². The van der Waals surface area contributed by atoms with E-state index in [0.29, 0.717) is 13.3 Å². The predicted octanol–water partition coefficient (Wildman–Crippen LogP) is 6.29. The lowest BCUT2D eigenvalue weighted by Crippen LogP contribution is -2.17. The summed E-state index contributed by atoms with van der Waals surface area (Å²) in [7, 11) is 0. The number of fused-ring (bicyclic) bond motifs is 1. The highest BCUT2D eigenvalue weighted by molar-refractivity contribution is 9.10. The zero-order valence-corrected chi connectivity index (χ0v) is 17.2. The summed E-state index contributed by atoms with van der Waals surface area (Å²) >= 11 is 3.51. The third-order valence-corrected chi connectivity index (χ3v) is 5.44. The number of rotatable bonds is 7. The van der Waals surface area contributed by atoms with Crippen LogP contribution in [-0.4, -0.2) is 16.4 Å². The van der Waals surface area contributed by atoms with E-state index in [9.17, 15) is 0 Å². The summed E-state index contributed by atoms with van der Waals surface area (Å²) in [6.45, 7) is 7.91. The van der Waals surface area contributed by atoms with Crippen molar-refractivity contribution in [2.45, 2.75) is 33.9 Å². The highest BCUT2D eigenvalue weighted by Gasteiger charge is 2.20. The van der Waals surface area contributed by atoms with Gasteiger partial charge in [0.15, 0.2) is 0 Å². The van der Waals surface area contributed by atoms with Crippen LogP contribution in [-0.2, 0) is 11.5 Å². The Morgan fingerprint density at radius 1 is 1.19 bits per heavy atom. The average Bonchev–Trinajstić information content (AvgIpc) is 3.02. The fourth-order valence-electron chi connectivity index (χ4n) is 2.82. The van der Waals surface area contributed by atoms with Crippen molar-refractivity contribution in [3.63, 3.8) is 0 Å². The molecule has 0 radical (unpaired) electrons. The number of hydrogen-bond donors (Lipinski definition) is 0. The minimum atomic E-state index is 0.0883. The molecule has 0 fully saturated rings. The quantitative estimate of drug-likeness (QED) is 0.426. The lowest BCUT2D eigenvalue weighted by molar-refractivity contribution is 0.0566. The molecule has 0 amide bonds. The molecule has 2 aromatic carbocycles. The molecule has 136 valence electrons. The molecule has 1 aromatic heterocycles. The van der Waals surface area contributed by atoms with Gasteiger partial charge in [-0.05, 0) is 36.5 Å². The summed E-state index contributed by atoms with van der Waals surface area (Å²) in [6.07, 6.45) is 5.10. The third kappa shape index (κ3) is 4.63. The van der Waals surface area contributed by atoms with Gasteiger partial charge in [0.05, 0.1) is 11.7 Å². The first-order valence-electron chi connectivity index (χ1n) is 8.88. The molecule has 0 saturated carbocycles. The largest absolute Gasteiger partial charge is 0.359 e. The van der Waals surface area contributed by atoms with Crippen LogP contribution in [0.3, 0.4) is 0 Å². The van der Waals surface area contributed by atoms with Crippen LogP contribution in [0.4, 0.5) is 0 Å². The Morgan fingerprint density at radius 2 is 1.96 bits per heavy atom. The number of nitrogens with zero attached hydrogens (tertiary/aromatic N) is 2. The fourth-order valence-corrected chi connectivity index (χ4v) is 3.17. The number of benzene rings is 2. The van der Waals surface area contributed by atoms with Crippen LogP contribution in [0, 0.1) is 5.41 Å². The summed E-state index contributed by atoms with van der Waals surface area (Å²) in [6, 6.07) is 16.6. The summed E-state index contributed by atoms with van der Waals surface area (Å²) in [4.78, 5) is 0. The zero-order chi connectivity index (χ0) is 18.6. The van der Waals surface area contributed by atoms with Gasteiger partial charge in [-0.2, -0.15) is 5.10 Å². The highest BCUT2D eigenvalue weighted by atomic mass is 79.9. The number of ether oxygens (including phenoxy) is 1. The van der Waals surface area contributed by atoms with Crippen LogP contribution in [0.25, 0.3) is 17.0 Å². The second kappa shape index (κ2) is 8.19. The molecule has 0 aliphatic carbocycles. The van der Waals surface area contributed by atoms with Gasteiger partial charge in [0.1, 0.15) is 6.73 Å². The van der Waals surface area contributed by atoms with E-state index in [0.717, 1.165) is 21.8 Å². The van der Waals surface area contributed by atoms with Crippen LogP contribution in [0.5, 0.6) is 0 Å². The number of halogens is 1. The van der Waals surface area contributed by atoms with Crippen LogP contribution in [0.15, 0.2) is 64.8 Å². The van der Waals surface area contributed by atoms with E-state index in [-0.39, 0.29) is 5.41 Å². The number of hydrogen-bond acceptors (Lipinski definition) is 2. The molecule has 0 N–H and O–H groups in total. The second-order valence-corrected chi connectivity index (χ2v) is 8.17. The van der Waals surface area contributed by atoms with Crippen molar-refractivity contribution < 1.29 is 4.74 Å². The van der Waals surface area contributed by atoms with Crippen molar-refractivity contribution >= 4 is 32.9 Å². The minimum Gasteiger partial charge on any atom is -0.359 e. The SMILES string of the molecule is CC(=Cc1ccccc1)C(C)(C)CCOCn1ncc2ccc(Br)cc21. The van der Waals surface area contributed by atoms with Gasteiger partial charge >= 0.3 is 0 Å². The Balaban J connectivity index is 1.56. The molecule has 4 heteroatoms. The van der Waals surface area contributed by atoms with Crippen molar-refractivity contribution in [1.82, 2.24) is 9.78 Å². The molecule has 3 rings (SSSR count). The van der Waals surface area contributed by atoms with E-state index < -0.39 is 0 Å². The number of allylic oxidation sites excluding steroid dienone is 1. The van der Waals surface area contributed by atoms with Crippen molar-refractivity contribution in [2.75, 3.05) is 6.61 Å². The Hall–Kier alpha value is -1.91. The Kier molecular flexibility index (Phi) is 5.94. The Morgan fingerprint density at radius 3 is 2.73 bits per heavy atom. The molecular weight excluding hydrogens is 388 g/mol. The highest BCUT2D eigenvalue weighted by Crippen LogP contribution is 2.31. The maximum absolute atomic E-state index is 5.92. The lowest BCUT2D eigenvalue weighted by Gasteiger charge is -2.26. The van der Waals surface area contributed by atoms with E-state index in [1.165, 1.54) is 11.1 Å². The fraction of sp³-hybridized carbons (Fsp3) is 0.318. The molecule has 26 heavy (non-hydrogen) atoms. The first-order valence-corrected chi connectivity index (χ1v) is 9.68. The normalized spacial score (nSPS) is 12.7. The molecule has 0 saturated heterocycles. The minimum absolute atomic E-state index is 0.0883. The summed E-state index contributed by atoms with van der Waals surface area (Å²) < 4.78 is 8.87. The van der Waals surface area contributed by atoms with E-state index in [2.05, 4.69) is 84.3 Å². The third-order valence-electron chi connectivity index (χ3n) is 4.94. The maximum atomic E-state index is 5.92. The molecule has 1 heterocycles. The van der Waals surface area contributed by atoms with Gasteiger partial charge in [-0.25, -0.2) is 4.68 Å². The van der Waals surface area contributed by atoms with Crippen molar-refractivity contribution in [3.05, 3.63) is 70.3 Å². The molecule has 0 aliphatic heterocycles. The van der Waals surface area contributed by atoms with Crippen LogP contribution in [0.1, 0.15) is 32.8 Å². The van der Waals surface area contributed by atoms with E-state index in [1.807, 2.05) is 23.0 Å². The standard InChI is InChI=1S/C22H25BrN2O/c1-17(13-18-7-5-4-6-8-18)22(2,3)11-12-26-16-25-21-14-20(23)10-9-19(21)15-24-25/h4-10,13-15H,11-12,16H2,1-3H3. The van der Waals surface area contributed by atoms with Crippen molar-refractivity contribution in [3.8, 4) is 0 Å². The van der Waals surface area contributed by atoms with Gasteiger partial charge in [-0.1, -0.05) is 77.8 Å². The van der Waals surface area contributed by atoms with E-state index in [4.69, 9.17) is 4.74 Å². The zero-order valence-electron chi connectivity index (χ0n) is 15.6. The van der Waals surface area contributed by atoms with Crippen molar-refractivity contribution in [1.29, 1.82) is 0 Å².